The fourth-order valence-electron chi connectivity index (χ4n) is 11.1. The molecule has 0 aliphatic rings. The molecule has 1 aromatic heterocycles. The van der Waals surface area contributed by atoms with E-state index in [-0.39, 0.29) is 109 Å². The molecule has 15 atom stereocenters. The topological polar surface area (TPSA) is 701 Å². The molecule has 1 heterocycles. The number of carbonyl (C=O) groups excluding carboxylic acids is 13. The summed E-state index contributed by atoms with van der Waals surface area (Å²) in [5.41, 5.74) is 46.6. The van der Waals surface area contributed by atoms with Gasteiger partial charge in [0.15, 0.2) is 5.96 Å². The summed E-state index contributed by atoms with van der Waals surface area (Å²) in [6.45, 7) is 7.72. The number of hydrogen-bond donors (Lipinski definition) is 25. The third kappa shape index (κ3) is 34.2. The largest absolute Gasteiger partial charge is 0.480 e. The summed E-state index contributed by atoms with van der Waals surface area (Å²) in [7, 11) is 0. The molecule has 614 valence electrons. The van der Waals surface area contributed by atoms with Gasteiger partial charge in [-0.2, -0.15) is 0 Å². The number of para-hydroxylation sites is 1. The van der Waals surface area contributed by atoms with Crippen LogP contribution >= 0.6 is 0 Å². The highest BCUT2D eigenvalue weighted by atomic mass is 16.4. The lowest BCUT2D eigenvalue weighted by atomic mass is 9.98. The lowest BCUT2D eigenvalue weighted by molar-refractivity contribution is -0.143. The SMILES string of the molecule is CC[C@H](C)[C@H](N)C(=O)N[C@@H](CCCCN)C(=O)N[C@@H](CO)C(=O)N[C@H](C(=O)N[C@@H](CCCN=C(N)N)C(=O)N[C@@H](CO)C(=O)N[C@@H](CCCCN)C(=O)N[C@@H](CCCCN)C(=O)N[C@H](C(=O)N[C@@H](C)C(=O)N[C@@H](CCCCN)C(=O)N[C@@H](Cc1c[nH]c2ccccc12)C(=O)N[C@@H](CC(N)=O)C(=O)O)[C@@H](C)O)C(C)C. The van der Waals surface area contributed by atoms with E-state index in [0.717, 1.165) is 6.92 Å². The third-order valence-electron chi connectivity index (χ3n) is 17.9. The van der Waals surface area contributed by atoms with Crippen molar-refractivity contribution in [3.05, 3.63) is 36.0 Å². The van der Waals surface area contributed by atoms with Crippen molar-refractivity contribution in [2.75, 3.05) is 45.9 Å². The average molecular weight is 1550 g/mol. The molecule has 0 unspecified atom stereocenters. The van der Waals surface area contributed by atoms with Crippen molar-refractivity contribution in [3.63, 3.8) is 0 Å². The Balaban J connectivity index is 2.42. The van der Waals surface area contributed by atoms with E-state index in [1.54, 1.807) is 51.2 Å². The molecular formula is C69H120N22O18. The molecule has 40 nitrogen and oxygen atoms in total. The lowest BCUT2D eigenvalue weighted by Gasteiger charge is -2.29. The predicted octanol–water partition coefficient (Wildman–Crippen LogP) is -7.53. The first kappa shape index (κ1) is 95.4. The number of aliphatic hydroxyl groups is 3. The Morgan fingerprint density at radius 3 is 1.24 bits per heavy atom. The number of nitrogens with two attached hydrogens (primary N) is 8. The number of H-pyrrole nitrogens is 1. The molecule has 40 heteroatoms. The number of carboxylic acids is 1. The maximum absolute atomic E-state index is 14.4. The van der Waals surface area contributed by atoms with Gasteiger partial charge in [-0.05, 0) is 153 Å². The molecule has 0 saturated carbocycles. The van der Waals surface area contributed by atoms with Gasteiger partial charge in [0.05, 0.1) is 31.8 Å². The van der Waals surface area contributed by atoms with E-state index < -0.39 is 193 Å². The summed E-state index contributed by atoms with van der Waals surface area (Å²) in [4.78, 5) is 199. The number of carboxylic acid groups (broad SMARTS) is 1. The standard InChI is InChI=1S/C69H120N22O18/c1-7-37(4)53(75)65(105)84-45(23-12-16-28-72)59(99)89-51(35-93)64(104)90-54(36(2)3)66(106)85-47(25-18-30-78-69(76)77)60(100)88-50(34-92)63(103)83-44(22-11-15-27-71)57(97)82-46(24-13-17-29-73)61(101)91-55(39(6)94)67(107)80-38(5)56(96)81-43(21-10-14-26-70)58(98)86-48(62(102)87-49(68(108)109)32-52(74)95)31-40-33-79-42-20-9-8-19-41(40)42/h8-9,19-20,33,36-39,43-51,53-55,79,92-94H,7,10-18,21-32,34-35,70-73,75H2,1-6H3,(H2,74,95)(H,80,107)(H,81,96)(H,82,97)(H,83,103)(H,84,105)(H,85,106)(H,86,98)(H,87,102)(H,88,100)(H,89,99)(H,90,104)(H,91,101)(H,108,109)(H4,76,77,78)/t37-,38-,39+,43-,44-,45-,46-,47-,48-,49-,50-,51-,53-,54-,55-/m0/s1. The summed E-state index contributed by atoms with van der Waals surface area (Å²) in [5, 5.41) is 72.2. The number of nitrogens with one attached hydrogen (secondary N) is 13. The Bertz CT molecular complexity index is 3320. The lowest BCUT2D eigenvalue weighted by Crippen LogP contribution is -2.62. The van der Waals surface area contributed by atoms with E-state index >= 15 is 0 Å². The van der Waals surface area contributed by atoms with Crippen LogP contribution < -0.4 is 110 Å². The highest BCUT2D eigenvalue weighted by Gasteiger charge is 2.38. The van der Waals surface area contributed by atoms with E-state index in [1.807, 2.05) is 6.92 Å². The number of aromatic nitrogens is 1. The minimum Gasteiger partial charge on any atom is -0.480 e. The zero-order valence-corrected chi connectivity index (χ0v) is 63.2. The van der Waals surface area contributed by atoms with Crippen LogP contribution in [0.25, 0.3) is 10.9 Å². The van der Waals surface area contributed by atoms with Crippen LogP contribution in [0.2, 0.25) is 0 Å². The zero-order valence-electron chi connectivity index (χ0n) is 63.2. The number of aromatic amines is 1. The molecule has 0 radical (unpaired) electrons. The zero-order chi connectivity index (χ0) is 82.0. The number of nitrogens with zero attached hydrogens (tertiary/aromatic N) is 1. The quantitative estimate of drug-likeness (QED) is 0.0166. The van der Waals surface area contributed by atoms with Gasteiger partial charge in [0, 0.05) is 30.1 Å². The fraction of sp³-hybridized carbons (Fsp3) is 0.667. The number of fused-ring (bicyclic) bond motifs is 1. The Hall–Kier alpha value is -9.71. The van der Waals surface area contributed by atoms with E-state index in [4.69, 9.17) is 45.9 Å². The molecule has 0 bridgehead atoms. The Kier molecular flexibility index (Phi) is 44.5. The number of unbranched alkanes of at least 4 members (excludes halogenated alkanes) is 4. The van der Waals surface area contributed by atoms with Gasteiger partial charge in [-0.3, -0.25) is 67.3 Å². The molecule has 0 fully saturated rings. The van der Waals surface area contributed by atoms with E-state index in [1.165, 1.54) is 6.92 Å². The summed E-state index contributed by atoms with van der Waals surface area (Å²) in [6, 6.07) is -12.7. The first-order valence-electron chi connectivity index (χ1n) is 36.8. The van der Waals surface area contributed by atoms with Crippen molar-refractivity contribution < 1.29 is 87.5 Å². The molecule has 0 spiro atoms. The summed E-state index contributed by atoms with van der Waals surface area (Å²) < 4.78 is 0. The predicted molar refractivity (Wildman–Crippen MR) is 402 cm³/mol. The van der Waals surface area contributed by atoms with E-state index in [2.05, 4.69) is 73.8 Å². The first-order valence-corrected chi connectivity index (χ1v) is 36.8. The minimum atomic E-state index is -1.83. The van der Waals surface area contributed by atoms with Crippen molar-refractivity contribution in [1.82, 2.24) is 68.8 Å². The van der Waals surface area contributed by atoms with E-state index in [9.17, 15) is 87.5 Å². The van der Waals surface area contributed by atoms with Gasteiger partial charge in [-0.1, -0.05) is 52.3 Å². The summed E-state index contributed by atoms with van der Waals surface area (Å²) in [6.07, 6.45) is 1.65. The van der Waals surface area contributed by atoms with Gasteiger partial charge in [0.2, 0.25) is 76.8 Å². The van der Waals surface area contributed by atoms with Crippen molar-refractivity contribution in [2.45, 2.75) is 235 Å². The summed E-state index contributed by atoms with van der Waals surface area (Å²) >= 11 is 0. The fourth-order valence-corrected chi connectivity index (χ4v) is 11.1. The van der Waals surface area contributed by atoms with Gasteiger partial charge in [-0.15, -0.1) is 0 Å². The van der Waals surface area contributed by atoms with Gasteiger partial charge in [0.1, 0.15) is 72.5 Å². The number of amides is 13. The Labute approximate surface area is 633 Å². The van der Waals surface area contributed by atoms with Crippen LogP contribution in [0.4, 0.5) is 0 Å². The van der Waals surface area contributed by atoms with Gasteiger partial charge < -0.3 is 135 Å². The van der Waals surface area contributed by atoms with Gasteiger partial charge in [-0.25, -0.2) is 4.79 Å². The Morgan fingerprint density at radius 1 is 0.450 bits per heavy atom. The molecule has 109 heavy (non-hydrogen) atoms. The second kappa shape index (κ2) is 50.8. The number of aliphatic imine (C=N–C) groups is 1. The van der Waals surface area contributed by atoms with Gasteiger partial charge >= 0.3 is 5.97 Å². The average Bonchev–Trinajstić information content (AvgIpc) is 1.75. The minimum absolute atomic E-state index is 0.0290. The number of carbonyl (C=O) groups is 14. The third-order valence-corrected chi connectivity index (χ3v) is 17.9. The maximum Gasteiger partial charge on any atom is 0.326 e. The second-order valence-corrected chi connectivity index (χ2v) is 27.2. The molecule has 1 aromatic carbocycles. The van der Waals surface area contributed by atoms with Crippen LogP contribution in [-0.2, 0) is 73.5 Å². The number of guanidine groups is 1. The van der Waals surface area contributed by atoms with E-state index in [0.29, 0.717) is 55.0 Å². The first-order chi connectivity index (χ1) is 51.6. The highest BCUT2D eigenvalue weighted by molar-refractivity contribution is 6.00. The molecule has 13 amide bonds. The molecule has 0 aliphatic heterocycles. The van der Waals surface area contributed by atoms with Crippen molar-refractivity contribution in [1.29, 1.82) is 0 Å². The normalized spacial score (nSPS) is 15.4. The van der Waals surface area contributed by atoms with Gasteiger partial charge in [0.25, 0.3) is 0 Å². The number of aliphatic hydroxyl groups excluding tert-OH is 3. The Morgan fingerprint density at radius 2 is 0.817 bits per heavy atom. The van der Waals surface area contributed by atoms with Crippen LogP contribution in [0.1, 0.15) is 150 Å². The number of primary amides is 1. The van der Waals surface area contributed by atoms with Crippen LogP contribution in [0.5, 0.6) is 0 Å². The highest BCUT2D eigenvalue weighted by Crippen LogP contribution is 2.20. The van der Waals surface area contributed by atoms with Crippen LogP contribution in [0.15, 0.2) is 35.5 Å². The van der Waals surface area contributed by atoms with Crippen LogP contribution in [0, 0.1) is 11.8 Å². The van der Waals surface area contributed by atoms with Crippen molar-refractivity contribution in [3.8, 4) is 0 Å². The van der Waals surface area contributed by atoms with Crippen LogP contribution in [0.3, 0.4) is 0 Å². The maximum atomic E-state index is 14.4. The van der Waals surface area contributed by atoms with Crippen molar-refractivity contribution >= 4 is 99.6 Å². The molecule has 0 aliphatic carbocycles. The summed E-state index contributed by atoms with van der Waals surface area (Å²) in [5.74, 6) is -15.5. The number of aliphatic carboxylic acids is 1. The molecule has 0 saturated heterocycles. The molecule has 33 N–H and O–H groups in total. The smallest absolute Gasteiger partial charge is 0.326 e. The monoisotopic (exact) mass is 1540 g/mol. The number of hydrogen-bond acceptors (Lipinski definition) is 23. The van der Waals surface area contributed by atoms with Crippen molar-refractivity contribution in [2.24, 2.45) is 62.7 Å². The molecular weight excluding hydrogens is 1420 g/mol. The van der Waals surface area contributed by atoms with Crippen LogP contribution in [-0.4, -0.2) is 245 Å². The molecule has 2 rings (SSSR count). The second-order valence-electron chi connectivity index (χ2n) is 27.2. The molecule has 2 aromatic rings. The number of benzene rings is 1. The number of rotatable bonds is 55.